The Morgan fingerprint density at radius 1 is 1.04 bits per heavy atom. The maximum absolute atomic E-state index is 13.5. The molecule has 1 aliphatic heterocycles. The number of hydrogen-bond donors (Lipinski definition) is 1. The van der Waals surface area contributed by atoms with Gasteiger partial charge < -0.3 is 9.64 Å². The number of piperidine rings is 1. The zero-order valence-electron chi connectivity index (χ0n) is 12.0. The standard InChI is InChI=1S/C13H13F5N2O2S/c1-19-23-13(21)20-4-2-6(3-5-20)22-12-10(17)8(15)7(14)9(16)11(12)18/h6,19H,2-5H2,1H3. The molecule has 0 spiro atoms. The van der Waals surface area contributed by atoms with E-state index < -0.39 is 40.9 Å². The summed E-state index contributed by atoms with van der Waals surface area (Å²) in [5, 5.41) is -0.220. The molecule has 0 atom stereocenters. The van der Waals surface area contributed by atoms with E-state index in [2.05, 4.69) is 4.72 Å². The number of amides is 1. The average Bonchev–Trinajstić information content (AvgIpc) is 2.56. The van der Waals surface area contributed by atoms with Crippen LogP contribution in [0.4, 0.5) is 26.7 Å². The molecule has 1 aromatic rings. The Kier molecular flexibility index (Phi) is 5.69. The second-order valence-electron chi connectivity index (χ2n) is 4.78. The number of halogens is 5. The van der Waals surface area contributed by atoms with Crippen molar-refractivity contribution in [3.8, 4) is 5.75 Å². The van der Waals surface area contributed by atoms with E-state index in [0.717, 1.165) is 11.9 Å². The first-order chi connectivity index (χ1) is 10.9. The van der Waals surface area contributed by atoms with Gasteiger partial charge in [0.2, 0.25) is 29.1 Å². The second-order valence-corrected chi connectivity index (χ2v) is 5.74. The van der Waals surface area contributed by atoms with E-state index in [0.29, 0.717) is 0 Å². The van der Waals surface area contributed by atoms with E-state index in [1.807, 2.05) is 0 Å². The predicted molar refractivity (Wildman–Crippen MR) is 73.5 cm³/mol. The molecule has 128 valence electrons. The van der Waals surface area contributed by atoms with E-state index in [-0.39, 0.29) is 31.2 Å². The average molecular weight is 356 g/mol. The minimum absolute atomic E-state index is 0.218. The molecule has 1 aliphatic rings. The molecule has 0 saturated carbocycles. The van der Waals surface area contributed by atoms with Crippen LogP contribution in [0.15, 0.2) is 0 Å². The van der Waals surface area contributed by atoms with Gasteiger partial charge in [0, 0.05) is 37.9 Å². The first kappa shape index (κ1) is 17.8. The van der Waals surface area contributed by atoms with Gasteiger partial charge in [0.15, 0.2) is 5.75 Å². The molecule has 0 unspecified atom stereocenters. The van der Waals surface area contributed by atoms with Gasteiger partial charge in [-0.1, -0.05) is 0 Å². The third-order valence-corrected chi connectivity index (χ3v) is 3.98. The number of nitrogens with zero attached hydrogens (tertiary/aromatic N) is 1. The highest BCUT2D eigenvalue weighted by atomic mass is 32.2. The lowest BCUT2D eigenvalue weighted by atomic mass is 10.1. The van der Waals surface area contributed by atoms with Gasteiger partial charge in [-0.15, -0.1) is 0 Å². The number of benzene rings is 1. The number of rotatable bonds is 3. The van der Waals surface area contributed by atoms with Crippen molar-refractivity contribution in [2.24, 2.45) is 0 Å². The van der Waals surface area contributed by atoms with Crippen molar-refractivity contribution in [2.45, 2.75) is 18.9 Å². The summed E-state index contributed by atoms with van der Waals surface area (Å²) in [4.78, 5) is 13.1. The fourth-order valence-corrected chi connectivity index (χ4v) is 2.65. The lowest BCUT2D eigenvalue weighted by Gasteiger charge is -2.31. The van der Waals surface area contributed by atoms with Crippen LogP contribution in [0.5, 0.6) is 5.75 Å². The summed E-state index contributed by atoms with van der Waals surface area (Å²) in [6.45, 7) is 0.515. The van der Waals surface area contributed by atoms with Gasteiger partial charge in [0.1, 0.15) is 6.10 Å². The maximum atomic E-state index is 13.5. The normalized spacial score (nSPS) is 15.8. The van der Waals surface area contributed by atoms with E-state index in [1.54, 1.807) is 7.05 Å². The summed E-state index contributed by atoms with van der Waals surface area (Å²) >= 11 is 0.889. The monoisotopic (exact) mass is 356 g/mol. The molecule has 0 bridgehead atoms. The Labute approximate surface area is 133 Å². The highest BCUT2D eigenvalue weighted by Crippen LogP contribution is 2.31. The molecule has 4 nitrogen and oxygen atoms in total. The SMILES string of the molecule is CNSC(=O)N1CCC(Oc2c(F)c(F)c(F)c(F)c2F)CC1. The molecule has 0 aromatic heterocycles. The number of ether oxygens (including phenoxy) is 1. The van der Waals surface area contributed by atoms with Crippen molar-refractivity contribution in [2.75, 3.05) is 20.1 Å². The molecule has 0 aliphatic carbocycles. The van der Waals surface area contributed by atoms with Crippen molar-refractivity contribution < 1.29 is 31.5 Å². The Balaban J connectivity index is 2.07. The fourth-order valence-electron chi connectivity index (χ4n) is 2.16. The summed E-state index contributed by atoms with van der Waals surface area (Å²) in [5.41, 5.74) is 0. The Morgan fingerprint density at radius 2 is 1.52 bits per heavy atom. The molecule has 1 amide bonds. The van der Waals surface area contributed by atoms with Gasteiger partial charge in [-0.25, -0.2) is 13.2 Å². The lowest BCUT2D eigenvalue weighted by Crippen LogP contribution is -2.40. The third-order valence-electron chi connectivity index (χ3n) is 3.34. The van der Waals surface area contributed by atoms with Gasteiger partial charge in [-0.3, -0.25) is 9.52 Å². The molecular weight excluding hydrogens is 343 g/mol. The van der Waals surface area contributed by atoms with E-state index in [9.17, 15) is 26.7 Å². The van der Waals surface area contributed by atoms with Gasteiger partial charge in [-0.05, 0) is 7.05 Å². The number of nitrogens with one attached hydrogen (secondary N) is 1. The molecule has 10 heteroatoms. The van der Waals surface area contributed by atoms with Crippen LogP contribution in [-0.4, -0.2) is 36.4 Å². The highest BCUT2D eigenvalue weighted by Gasteiger charge is 2.30. The molecule has 1 heterocycles. The highest BCUT2D eigenvalue weighted by molar-refractivity contribution is 8.11. The van der Waals surface area contributed by atoms with Crippen molar-refractivity contribution in [3.05, 3.63) is 29.1 Å². The summed E-state index contributed by atoms with van der Waals surface area (Å²) in [6.07, 6.45) is -0.308. The summed E-state index contributed by atoms with van der Waals surface area (Å²) in [5.74, 6) is -11.6. The minimum Gasteiger partial charge on any atom is -0.484 e. The molecule has 1 aromatic carbocycles. The molecule has 1 fully saturated rings. The van der Waals surface area contributed by atoms with Crippen LogP contribution in [0.25, 0.3) is 0 Å². The molecule has 1 saturated heterocycles. The predicted octanol–water partition coefficient (Wildman–Crippen LogP) is 3.21. The van der Waals surface area contributed by atoms with Crippen molar-refractivity contribution in [1.29, 1.82) is 0 Å². The van der Waals surface area contributed by atoms with E-state index in [4.69, 9.17) is 4.74 Å². The van der Waals surface area contributed by atoms with Gasteiger partial charge >= 0.3 is 0 Å². The van der Waals surface area contributed by atoms with Crippen LogP contribution in [0.3, 0.4) is 0 Å². The molecule has 1 N–H and O–H groups in total. The Morgan fingerprint density at radius 3 is 2.00 bits per heavy atom. The van der Waals surface area contributed by atoms with Crippen molar-refractivity contribution in [1.82, 2.24) is 9.62 Å². The van der Waals surface area contributed by atoms with Crippen molar-refractivity contribution >= 4 is 17.2 Å². The fraction of sp³-hybridized carbons (Fsp3) is 0.462. The zero-order chi connectivity index (χ0) is 17.1. The quantitative estimate of drug-likeness (QED) is 0.391. The largest absolute Gasteiger partial charge is 0.484 e. The first-order valence-electron chi connectivity index (χ1n) is 6.67. The maximum Gasteiger partial charge on any atom is 0.296 e. The summed E-state index contributed by atoms with van der Waals surface area (Å²) in [7, 11) is 1.58. The van der Waals surface area contributed by atoms with Gasteiger partial charge in [-0.2, -0.15) is 8.78 Å². The van der Waals surface area contributed by atoms with Crippen LogP contribution in [0, 0.1) is 29.1 Å². The van der Waals surface area contributed by atoms with E-state index in [1.165, 1.54) is 4.90 Å². The summed E-state index contributed by atoms with van der Waals surface area (Å²) in [6, 6.07) is 0. The van der Waals surface area contributed by atoms with Crippen LogP contribution in [0.2, 0.25) is 0 Å². The molecule has 0 radical (unpaired) electrons. The van der Waals surface area contributed by atoms with Gasteiger partial charge in [0.05, 0.1) is 0 Å². The molecule has 2 rings (SSSR count). The molecule has 23 heavy (non-hydrogen) atoms. The van der Waals surface area contributed by atoms with Crippen LogP contribution in [0.1, 0.15) is 12.8 Å². The van der Waals surface area contributed by atoms with Crippen molar-refractivity contribution in [3.63, 3.8) is 0 Å². The first-order valence-corrected chi connectivity index (χ1v) is 7.49. The number of hydrogen-bond acceptors (Lipinski definition) is 4. The zero-order valence-corrected chi connectivity index (χ0v) is 12.8. The van der Waals surface area contributed by atoms with E-state index >= 15 is 0 Å². The van der Waals surface area contributed by atoms with Crippen LogP contribution >= 0.6 is 11.9 Å². The molecular formula is C13H13F5N2O2S. The Bertz CT molecular complexity index is 580. The number of carbonyl (C=O) groups is 1. The Hall–Kier alpha value is -1.55. The van der Waals surface area contributed by atoms with Crippen LogP contribution in [-0.2, 0) is 0 Å². The minimum atomic E-state index is -2.23. The number of carbonyl (C=O) groups excluding carboxylic acids is 1. The number of likely N-dealkylation sites (tertiary alicyclic amines) is 1. The van der Waals surface area contributed by atoms with Gasteiger partial charge in [0.25, 0.3) is 5.24 Å². The third kappa shape index (κ3) is 3.69. The smallest absolute Gasteiger partial charge is 0.296 e. The lowest BCUT2D eigenvalue weighted by molar-refractivity contribution is 0.108. The summed E-state index contributed by atoms with van der Waals surface area (Å²) < 4.78 is 73.8. The second kappa shape index (κ2) is 7.35. The van der Waals surface area contributed by atoms with Crippen LogP contribution < -0.4 is 9.46 Å². The topological polar surface area (TPSA) is 41.6 Å².